The van der Waals surface area contributed by atoms with Gasteiger partial charge < -0.3 is 9.80 Å². The predicted octanol–water partition coefficient (Wildman–Crippen LogP) is 3.66. The molecule has 0 unspecified atom stereocenters. The molecule has 1 saturated heterocycles. The Balaban J connectivity index is 1.63. The van der Waals surface area contributed by atoms with Crippen molar-refractivity contribution in [2.75, 3.05) is 32.0 Å². The highest BCUT2D eigenvalue weighted by atomic mass is 32.1. The molecule has 162 valence electrons. The van der Waals surface area contributed by atoms with Gasteiger partial charge in [0, 0.05) is 18.0 Å². The molecule has 0 bridgehead atoms. The van der Waals surface area contributed by atoms with E-state index >= 15 is 0 Å². The minimum atomic E-state index is -0.579. The maximum absolute atomic E-state index is 13.8. The first kappa shape index (κ1) is 22.4. The molecule has 1 aromatic heterocycles. The molecule has 1 aliphatic rings. The van der Waals surface area contributed by atoms with Crippen molar-refractivity contribution in [2.24, 2.45) is 5.92 Å². The maximum Gasteiger partial charge on any atom is 0.260 e. The van der Waals surface area contributed by atoms with Crippen LogP contribution in [0.1, 0.15) is 42.7 Å². The van der Waals surface area contributed by atoms with Crippen LogP contribution >= 0.6 is 11.3 Å². The minimum absolute atomic E-state index is 0.0318. The summed E-state index contributed by atoms with van der Waals surface area (Å²) in [5, 5.41) is 4.76. The number of hydrogen-bond acceptors (Lipinski definition) is 5. The number of halogens is 1. The molecule has 0 aliphatic carbocycles. The van der Waals surface area contributed by atoms with E-state index in [1.807, 2.05) is 4.90 Å². The molecule has 6 nitrogen and oxygen atoms in total. The Kier molecular flexibility index (Phi) is 7.55. The number of nitrogens with one attached hydrogen (secondary N) is 1. The van der Waals surface area contributed by atoms with E-state index in [1.165, 1.54) is 29.5 Å². The number of benzene rings is 1. The van der Waals surface area contributed by atoms with Gasteiger partial charge in [0.25, 0.3) is 5.91 Å². The number of anilines is 1. The highest BCUT2D eigenvalue weighted by Gasteiger charge is 2.28. The lowest BCUT2D eigenvalue weighted by Gasteiger charge is -2.38. The Morgan fingerprint density at radius 2 is 2.00 bits per heavy atom. The molecule has 0 saturated carbocycles. The zero-order valence-electron chi connectivity index (χ0n) is 17.7. The molecule has 1 aliphatic heterocycles. The summed E-state index contributed by atoms with van der Waals surface area (Å²) in [5.74, 6) is -0.673. The molecule has 0 spiro atoms. The summed E-state index contributed by atoms with van der Waals surface area (Å²) in [6, 6.07) is 6.07. The smallest absolute Gasteiger partial charge is 0.260 e. The molecule has 0 atom stereocenters. The molecule has 30 heavy (non-hydrogen) atoms. The number of thiazole rings is 1. The molecule has 2 heterocycles. The van der Waals surface area contributed by atoms with Crippen LogP contribution in [-0.2, 0) is 11.2 Å². The summed E-state index contributed by atoms with van der Waals surface area (Å²) in [6.07, 6.45) is 2.16. The van der Waals surface area contributed by atoms with E-state index < -0.39 is 11.7 Å². The van der Waals surface area contributed by atoms with Crippen molar-refractivity contribution >= 4 is 28.3 Å². The van der Waals surface area contributed by atoms with Crippen LogP contribution in [0.3, 0.4) is 0 Å². The summed E-state index contributed by atoms with van der Waals surface area (Å²) >= 11 is 1.24. The first-order valence-corrected chi connectivity index (χ1v) is 11.2. The van der Waals surface area contributed by atoms with Crippen LogP contribution in [0.4, 0.5) is 9.52 Å². The van der Waals surface area contributed by atoms with Crippen molar-refractivity contribution in [1.82, 2.24) is 14.8 Å². The topological polar surface area (TPSA) is 65.5 Å². The van der Waals surface area contributed by atoms with Gasteiger partial charge in [-0.1, -0.05) is 26.0 Å². The largest absolute Gasteiger partial charge is 0.339 e. The van der Waals surface area contributed by atoms with Crippen LogP contribution in [0.5, 0.6) is 0 Å². The number of carbonyl (C=O) groups excluding carboxylic acids is 2. The van der Waals surface area contributed by atoms with Gasteiger partial charge in [-0.15, -0.1) is 11.3 Å². The van der Waals surface area contributed by atoms with E-state index in [9.17, 15) is 14.0 Å². The van der Waals surface area contributed by atoms with Gasteiger partial charge in [0.1, 0.15) is 5.82 Å². The summed E-state index contributed by atoms with van der Waals surface area (Å²) in [5.41, 5.74) is 0.589. The zero-order valence-corrected chi connectivity index (χ0v) is 18.5. The number of piperidine rings is 1. The van der Waals surface area contributed by atoms with E-state index in [-0.39, 0.29) is 23.9 Å². The van der Waals surface area contributed by atoms with Crippen LogP contribution in [0.25, 0.3) is 0 Å². The quantitative estimate of drug-likeness (QED) is 0.725. The predicted molar refractivity (Wildman–Crippen MR) is 117 cm³/mol. The van der Waals surface area contributed by atoms with E-state index in [0.29, 0.717) is 16.7 Å². The fourth-order valence-corrected chi connectivity index (χ4v) is 4.37. The van der Waals surface area contributed by atoms with Crippen LogP contribution in [0.15, 0.2) is 29.6 Å². The summed E-state index contributed by atoms with van der Waals surface area (Å²) < 4.78 is 13.8. The second-order valence-electron chi connectivity index (χ2n) is 8.23. The standard InChI is InChI=1S/C22H29FN4O2S/c1-15(2)13-27(17-8-10-26(3)11-9-17)20(28)12-16-14-30-22(24-16)25-21(29)18-6-4-5-7-19(18)23/h4-7,14-15,17H,8-13H2,1-3H3,(H,24,25,29). The van der Waals surface area contributed by atoms with E-state index in [1.54, 1.807) is 11.4 Å². The van der Waals surface area contributed by atoms with Gasteiger partial charge in [-0.25, -0.2) is 9.37 Å². The maximum atomic E-state index is 13.8. The van der Waals surface area contributed by atoms with Crippen molar-refractivity contribution in [3.63, 3.8) is 0 Å². The van der Waals surface area contributed by atoms with E-state index in [4.69, 9.17) is 0 Å². The molecule has 2 aromatic rings. The highest BCUT2D eigenvalue weighted by Crippen LogP contribution is 2.21. The normalized spacial score (nSPS) is 15.4. The fourth-order valence-electron chi connectivity index (χ4n) is 3.67. The Morgan fingerprint density at radius 3 is 2.67 bits per heavy atom. The van der Waals surface area contributed by atoms with Crippen molar-refractivity contribution in [2.45, 2.75) is 39.2 Å². The Bertz CT molecular complexity index is 878. The molecule has 2 amide bonds. The van der Waals surface area contributed by atoms with Crippen LogP contribution in [0, 0.1) is 11.7 Å². The lowest BCUT2D eigenvalue weighted by molar-refractivity contribution is -0.134. The molecule has 1 N–H and O–H groups in total. The van der Waals surface area contributed by atoms with Gasteiger partial charge in [0.15, 0.2) is 5.13 Å². The summed E-state index contributed by atoms with van der Waals surface area (Å²) in [6.45, 7) is 6.96. The third-order valence-corrected chi connectivity index (χ3v) is 6.04. The second-order valence-corrected chi connectivity index (χ2v) is 9.09. The highest BCUT2D eigenvalue weighted by molar-refractivity contribution is 7.14. The first-order valence-electron chi connectivity index (χ1n) is 10.3. The SMILES string of the molecule is CC(C)CN(C(=O)Cc1csc(NC(=O)c2ccccc2F)n1)C1CCN(C)CC1. The first-order chi connectivity index (χ1) is 14.3. The van der Waals surface area contributed by atoms with Gasteiger partial charge in [-0.05, 0) is 51.0 Å². The van der Waals surface area contributed by atoms with Crippen LogP contribution in [0.2, 0.25) is 0 Å². The van der Waals surface area contributed by atoms with Crippen LogP contribution < -0.4 is 5.32 Å². The van der Waals surface area contributed by atoms with E-state index in [2.05, 4.69) is 36.1 Å². The number of nitrogens with zero attached hydrogens (tertiary/aromatic N) is 3. The number of likely N-dealkylation sites (tertiary alicyclic amines) is 1. The van der Waals surface area contributed by atoms with E-state index in [0.717, 1.165) is 32.5 Å². The number of amides is 2. The third kappa shape index (κ3) is 5.86. The van der Waals surface area contributed by atoms with Crippen molar-refractivity contribution in [1.29, 1.82) is 0 Å². The molecular weight excluding hydrogens is 403 g/mol. The van der Waals surface area contributed by atoms with Gasteiger partial charge in [-0.2, -0.15) is 0 Å². The Hall–Kier alpha value is -2.32. The monoisotopic (exact) mass is 432 g/mol. The molecule has 8 heteroatoms. The average molecular weight is 433 g/mol. The van der Waals surface area contributed by atoms with Gasteiger partial charge in [-0.3, -0.25) is 14.9 Å². The molecular formula is C22H29FN4O2S. The lowest BCUT2D eigenvalue weighted by Crippen LogP contribution is -2.48. The Morgan fingerprint density at radius 1 is 1.30 bits per heavy atom. The van der Waals surface area contributed by atoms with Gasteiger partial charge in [0.05, 0.1) is 17.7 Å². The van der Waals surface area contributed by atoms with Gasteiger partial charge >= 0.3 is 0 Å². The van der Waals surface area contributed by atoms with Crippen molar-refractivity contribution in [3.8, 4) is 0 Å². The number of rotatable bonds is 7. The summed E-state index contributed by atoms with van der Waals surface area (Å²) in [7, 11) is 2.11. The number of hydrogen-bond donors (Lipinski definition) is 1. The summed E-state index contributed by atoms with van der Waals surface area (Å²) in [4.78, 5) is 34.0. The average Bonchev–Trinajstić information content (AvgIpc) is 3.13. The minimum Gasteiger partial charge on any atom is -0.339 e. The van der Waals surface area contributed by atoms with Crippen molar-refractivity contribution in [3.05, 3.63) is 46.7 Å². The zero-order chi connectivity index (χ0) is 21.7. The molecule has 0 radical (unpaired) electrons. The third-order valence-electron chi connectivity index (χ3n) is 5.23. The van der Waals surface area contributed by atoms with Crippen molar-refractivity contribution < 1.29 is 14.0 Å². The fraction of sp³-hybridized carbons (Fsp3) is 0.500. The van der Waals surface area contributed by atoms with Gasteiger partial charge in [0.2, 0.25) is 5.91 Å². The number of aromatic nitrogens is 1. The Labute approximate surface area is 181 Å². The molecule has 1 fully saturated rings. The van der Waals surface area contributed by atoms with Crippen LogP contribution in [-0.4, -0.2) is 59.3 Å². The molecule has 1 aromatic carbocycles. The number of carbonyl (C=O) groups is 2. The second kappa shape index (κ2) is 10.1. The molecule has 3 rings (SSSR count). The lowest BCUT2D eigenvalue weighted by atomic mass is 10.0.